The van der Waals surface area contributed by atoms with E-state index >= 15 is 0 Å². The summed E-state index contributed by atoms with van der Waals surface area (Å²) in [5, 5.41) is 5.02. The van der Waals surface area contributed by atoms with Gasteiger partial charge in [-0.2, -0.15) is 0 Å². The second-order valence-corrected chi connectivity index (χ2v) is 6.17. The summed E-state index contributed by atoms with van der Waals surface area (Å²) in [7, 11) is 0. The van der Waals surface area contributed by atoms with E-state index in [9.17, 15) is 4.79 Å². The highest BCUT2D eigenvalue weighted by molar-refractivity contribution is 5.88. The molecule has 1 unspecified atom stereocenters. The summed E-state index contributed by atoms with van der Waals surface area (Å²) in [5.41, 5.74) is 0.952. The average molecular weight is 349 g/mol. The second kappa shape index (κ2) is 6.96. The maximum Gasteiger partial charge on any atom is 0.258 e. The first-order chi connectivity index (χ1) is 12.7. The molecule has 1 heterocycles. The Morgan fingerprint density at radius 1 is 1.08 bits per heavy atom. The number of carbonyl (C=O) groups is 1. The number of amides is 1. The third-order valence-electron chi connectivity index (χ3n) is 4.38. The molecule has 0 saturated heterocycles. The van der Waals surface area contributed by atoms with Gasteiger partial charge in [0.05, 0.1) is 6.04 Å². The fourth-order valence-electron chi connectivity index (χ4n) is 3.01. The molecule has 0 aromatic heterocycles. The Morgan fingerprint density at radius 3 is 2.81 bits per heavy atom. The average Bonchev–Trinajstić information content (AvgIpc) is 3.14. The highest BCUT2D eigenvalue weighted by Crippen LogP contribution is 2.34. The molecule has 132 valence electrons. The van der Waals surface area contributed by atoms with Crippen LogP contribution in [-0.2, 0) is 4.79 Å². The van der Waals surface area contributed by atoms with Gasteiger partial charge in [-0.25, -0.2) is 0 Å². The van der Waals surface area contributed by atoms with Crippen molar-refractivity contribution in [3.63, 3.8) is 0 Å². The van der Waals surface area contributed by atoms with Gasteiger partial charge in [-0.1, -0.05) is 42.5 Å². The van der Waals surface area contributed by atoms with Crippen LogP contribution < -0.4 is 19.5 Å². The van der Waals surface area contributed by atoms with E-state index in [1.165, 1.54) is 0 Å². The Morgan fingerprint density at radius 2 is 1.88 bits per heavy atom. The van der Waals surface area contributed by atoms with Gasteiger partial charge in [0, 0.05) is 5.39 Å². The Kier molecular flexibility index (Phi) is 4.35. The van der Waals surface area contributed by atoms with Crippen LogP contribution in [0, 0.1) is 0 Å². The topological polar surface area (TPSA) is 56.8 Å². The van der Waals surface area contributed by atoms with Gasteiger partial charge in [-0.05, 0) is 36.1 Å². The summed E-state index contributed by atoms with van der Waals surface area (Å²) in [6.07, 6.45) is 0. The first-order valence-electron chi connectivity index (χ1n) is 8.50. The van der Waals surface area contributed by atoms with Crippen LogP contribution in [0.1, 0.15) is 18.5 Å². The highest BCUT2D eigenvalue weighted by Gasteiger charge is 2.17. The van der Waals surface area contributed by atoms with Crippen LogP contribution in [0.2, 0.25) is 0 Å². The number of fused-ring (bicyclic) bond motifs is 2. The quantitative estimate of drug-likeness (QED) is 0.761. The lowest BCUT2D eigenvalue weighted by Crippen LogP contribution is -2.31. The van der Waals surface area contributed by atoms with Crippen molar-refractivity contribution in [3.05, 3.63) is 66.2 Å². The van der Waals surface area contributed by atoms with Gasteiger partial charge in [0.2, 0.25) is 6.79 Å². The zero-order chi connectivity index (χ0) is 17.9. The fourth-order valence-corrected chi connectivity index (χ4v) is 3.01. The van der Waals surface area contributed by atoms with Gasteiger partial charge in [0.25, 0.3) is 5.91 Å². The lowest BCUT2D eigenvalue weighted by atomic mass is 10.1. The molecule has 1 amide bonds. The molecule has 0 saturated carbocycles. The highest BCUT2D eigenvalue weighted by atomic mass is 16.7. The number of carbonyl (C=O) groups excluding carboxylic acids is 1. The minimum Gasteiger partial charge on any atom is -0.483 e. The van der Waals surface area contributed by atoms with Crippen molar-refractivity contribution in [3.8, 4) is 17.2 Å². The van der Waals surface area contributed by atoms with Crippen molar-refractivity contribution in [1.82, 2.24) is 5.32 Å². The largest absolute Gasteiger partial charge is 0.483 e. The molecule has 26 heavy (non-hydrogen) atoms. The van der Waals surface area contributed by atoms with Crippen LogP contribution in [0.15, 0.2) is 60.7 Å². The van der Waals surface area contributed by atoms with Crippen molar-refractivity contribution >= 4 is 16.7 Å². The molecule has 1 N–H and O–H groups in total. The van der Waals surface area contributed by atoms with Crippen molar-refractivity contribution in [2.75, 3.05) is 13.4 Å². The van der Waals surface area contributed by atoms with Crippen LogP contribution in [0.25, 0.3) is 10.8 Å². The molecular weight excluding hydrogens is 330 g/mol. The zero-order valence-corrected chi connectivity index (χ0v) is 14.4. The second-order valence-electron chi connectivity index (χ2n) is 6.17. The van der Waals surface area contributed by atoms with Crippen molar-refractivity contribution in [2.45, 2.75) is 13.0 Å². The lowest BCUT2D eigenvalue weighted by molar-refractivity contribution is -0.123. The molecule has 0 fully saturated rings. The lowest BCUT2D eigenvalue weighted by Gasteiger charge is -2.15. The van der Waals surface area contributed by atoms with Crippen LogP contribution in [0.4, 0.5) is 0 Å². The Hall–Kier alpha value is -3.21. The Labute approximate surface area is 151 Å². The van der Waals surface area contributed by atoms with E-state index in [0.29, 0.717) is 11.5 Å². The van der Waals surface area contributed by atoms with E-state index < -0.39 is 0 Å². The number of hydrogen-bond donors (Lipinski definition) is 1. The summed E-state index contributed by atoms with van der Waals surface area (Å²) in [6, 6.07) is 19.2. The SMILES string of the molecule is CC(NC(=O)COc1cccc2ccccc12)c1ccc2c(c1)OCO2. The van der Waals surface area contributed by atoms with Gasteiger partial charge in [-0.15, -0.1) is 0 Å². The first kappa shape index (κ1) is 16.3. The summed E-state index contributed by atoms with van der Waals surface area (Å²) in [6.45, 7) is 2.12. The zero-order valence-electron chi connectivity index (χ0n) is 14.4. The smallest absolute Gasteiger partial charge is 0.258 e. The van der Waals surface area contributed by atoms with E-state index in [1.54, 1.807) is 0 Å². The maximum atomic E-state index is 12.3. The van der Waals surface area contributed by atoms with Gasteiger partial charge in [0.15, 0.2) is 18.1 Å². The van der Waals surface area contributed by atoms with Crippen LogP contribution in [0.3, 0.4) is 0 Å². The van der Waals surface area contributed by atoms with Gasteiger partial charge >= 0.3 is 0 Å². The summed E-state index contributed by atoms with van der Waals surface area (Å²) in [5.74, 6) is 1.96. The summed E-state index contributed by atoms with van der Waals surface area (Å²) >= 11 is 0. The molecule has 1 aliphatic rings. The minimum atomic E-state index is -0.178. The fraction of sp³-hybridized carbons (Fsp3) is 0.190. The molecule has 5 nitrogen and oxygen atoms in total. The molecular formula is C21H19NO4. The molecule has 1 aliphatic heterocycles. The maximum absolute atomic E-state index is 12.3. The van der Waals surface area contributed by atoms with Gasteiger partial charge in [-0.3, -0.25) is 4.79 Å². The van der Waals surface area contributed by atoms with Crippen molar-refractivity contribution in [1.29, 1.82) is 0 Å². The van der Waals surface area contributed by atoms with E-state index in [0.717, 1.165) is 22.1 Å². The molecule has 3 aromatic carbocycles. The standard InChI is InChI=1S/C21H19NO4/c1-14(16-9-10-19-20(11-16)26-13-25-19)22-21(23)12-24-18-8-4-6-15-5-2-3-7-17(15)18/h2-11,14H,12-13H2,1H3,(H,22,23). The molecule has 0 spiro atoms. The van der Waals surface area contributed by atoms with E-state index in [1.807, 2.05) is 67.6 Å². The summed E-state index contributed by atoms with van der Waals surface area (Å²) < 4.78 is 16.4. The van der Waals surface area contributed by atoms with Gasteiger partial charge in [0.1, 0.15) is 5.75 Å². The molecule has 1 atom stereocenters. The number of hydrogen-bond acceptors (Lipinski definition) is 4. The number of benzene rings is 3. The van der Waals surface area contributed by atoms with Crippen molar-refractivity contribution < 1.29 is 19.0 Å². The summed E-state index contributed by atoms with van der Waals surface area (Å²) in [4.78, 5) is 12.3. The third kappa shape index (κ3) is 3.28. The van der Waals surface area contributed by atoms with E-state index in [4.69, 9.17) is 14.2 Å². The predicted molar refractivity (Wildman–Crippen MR) is 98.6 cm³/mol. The molecule has 5 heteroatoms. The molecule has 0 bridgehead atoms. The molecule has 4 rings (SSSR count). The van der Waals surface area contributed by atoms with Crippen molar-refractivity contribution in [2.24, 2.45) is 0 Å². The monoisotopic (exact) mass is 349 g/mol. The minimum absolute atomic E-state index is 0.0388. The number of ether oxygens (including phenoxy) is 3. The van der Waals surface area contributed by atoms with E-state index in [2.05, 4.69) is 5.32 Å². The Bertz CT molecular complexity index is 948. The third-order valence-corrected chi connectivity index (χ3v) is 4.38. The molecule has 0 radical (unpaired) electrons. The van der Waals surface area contributed by atoms with E-state index in [-0.39, 0.29) is 25.3 Å². The molecule has 0 aliphatic carbocycles. The molecule has 3 aromatic rings. The van der Waals surface area contributed by atoms with Gasteiger partial charge < -0.3 is 19.5 Å². The van der Waals surface area contributed by atoms with Crippen LogP contribution >= 0.6 is 0 Å². The predicted octanol–water partition coefficient (Wildman–Crippen LogP) is 3.82. The normalized spacial score (nSPS) is 13.4. The number of rotatable bonds is 5. The first-order valence-corrected chi connectivity index (χ1v) is 8.50. The van der Waals surface area contributed by atoms with Crippen LogP contribution in [-0.4, -0.2) is 19.3 Å². The van der Waals surface area contributed by atoms with Crippen LogP contribution in [0.5, 0.6) is 17.2 Å². The Balaban J connectivity index is 1.39. The number of nitrogens with one attached hydrogen (secondary N) is 1.